The van der Waals surface area contributed by atoms with Crippen molar-refractivity contribution in [3.05, 3.63) is 48.7 Å². The van der Waals surface area contributed by atoms with E-state index in [1.54, 1.807) is 6.20 Å². The number of benzene rings is 1. The summed E-state index contributed by atoms with van der Waals surface area (Å²) in [5, 5.41) is 7.45. The SMILES string of the molecule is c1ccc(-c2noc(-c3ccc(N4CCCNCC4)nc3)n2)cc1. The summed E-state index contributed by atoms with van der Waals surface area (Å²) in [7, 11) is 0. The van der Waals surface area contributed by atoms with E-state index in [-0.39, 0.29) is 0 Å². The Morgan fingerprint density at radius 2 is 1.88 bits per heavy atom. The van der Waals surface area contributed by atoms with Gasteiger partial charge in [-0.2, -0.15) is 4.98 Å². The minimum atomic E-state index is 0.491. The lowest BCUT2D eigenvalue weighted by Crippen LogP contribution is -2.28. The van der Waals surface area contributed by atoms with Gasteiger partial charge in [-0.1, -0.05) is 35.5 Å². The van der Waals surface area contributed by atoms with E-state index in [4.69, 9.17) is 4.52 Å². The van der Waals surface area contributed by atoms with Crippen molar-refractivity contribution < 1.29 is 4.52 Å². The Morgan fingerprint density at radius 3 is 2.71 bits per heavy atom. The van der Waals surface area contributed by atoms with Gasteiger partial charge in [0.2, 0.25) is 5.82 Å². The molecule has 1 aliphatic heterocycles. The van der Waals surface area contributed by atoms with Crippen LogP contribution in [0, 0.1) is 0 Å². The molecule has 0 saturated carbocycles. The van der Waals surface area contributed by atoms with Crippen LogP contribution in [0.1, 0.15) is 6.42 Å². The molecule has 0 aliphatic carbocycles. The van der Waals surface area contributed by atoms with Gasteiger partial charge in [0.25, 0.3) is 5.89 Å². The summed E-state index contributed by atoms with van der Waals surface area (Å²) >= 11 is 0. The summed E-state index contributed by atoms with van der Waals surface area (Å²) in [6.45, 7) is 4.06. The molecule has 1 N–H and O–H groups in total. The van der Waals surface area contributed by atoms with Crippen LogP contribution in [0.4, 0.5) is 5.82 Å². The highest BCUT2D eigenvalue weighted by Gasteiger charge is 2.13. The fraction of sp³-hybridized carbons (Fsp3) is 0.278. The van der Waals surface area contributed by atoms with Gasteiger partial charge in [0.15, 0.2) is 0 Å². The summed E-state index contributed by atoms with van der Waals surface area (Å²) < 4.78 is 5.39. The Morgan fingerprint density at radius 1 is 0.958 bits per heavy atom. The Labute approximate surface area is 140 Å². The molecule has 0 radical (unpaired) electrons. The highest BCUT2D eigenvalue weighted by atomic mass is 16.5. The van der Waals surface area contributed by atoms with Crippen molar-refractivity contribution in [1.82, 2.24) is 20.4 Å². The van der Waals surface area contributed by atoms with E-state index >= 15 is 0 Å². The Hall–Kier alpha value is -2.73. The van der Waals surface area contributed by atoms with Crippen LogP contribution < -0.4 is 10.2 Å². The largest absolute Gasteiger partial charge is 0.355 e. The average Bonchev–Trinajstić information content (AvgIpc) is 2.98. The first-order valence-corrected chi connectivity index (χ1v) is 8.21. The van der Waals surface area contributed by atoms with Crippen molar-refractivity contribution in [2.24, 2.45) is 0 Å². The molecule has 6 nitrogen and oxygen atoms in total. The molecule has 1 aliphatic rings. The van der Waals surface area contributed by atoms with Crippen LogP contribution in [0.2, 0.25) is 0 Å². The zero-order valence-corrected chi connectivity index (χ0v) is 13.4. The molecule has 0 atom stereocenters. The molecule has 0 unspecified atom stereocenters. The molecule has 2 aromatic heterocycles. The predicted molar refractivity (Wildman–Crippen MR) is 92.7 cm³/mol. The zero-order chi connectivity index (χ0) is 16.2. The molecule has 122 valence electrons. The van der Waals surface area contributed by atoms with Gasteiger partial charge in [-0.05, 0) is 25.1 Å². The van der Waals surface area contributed by atoms with E-state index in [1.165, 1.54) is 0 Å². The third-order valence-corrected chi connectivity index (χ3v) is 4.12. The van der Waals surface area contributed by atoms with Crippen LogP contribution in [-0.2, 0) is 0 Å². The van der Waals surface area contributed by atoms with Crippen LogP contribution in [0.3, 0.4) is 0 Å². The molecular formula is C18H19N5O. The Balaban J connectivity index is 1.54. The number of rotatable bonds is 3. The Bertz CT molecular complexity index is 777. The number of nitrogens with zero attached hydrogens (tertiary/aromatic N) is 4. The molecular weight excluding hydrogens is 302 g/mol. The van der Waals surface area contributed by atoms with E-state index in [1.807, 2.05) is 42.5 Å². The summed E-state index contributed by atoms with van der Waals surface area (Å²) in [5.41, 5.74) is 1.77. The zero-order valence-electron chi connectivity index (χ0n) is 13.4. The summed E-state index contributed by atoms with van der Waals surface area (Å²) in [6.07, 6.45) is 2.93. The fourth-order valence-corrected chi connectivity index (χ4v) is 2.82. The monoisotopic (exact) mass is 321 g/mol. The van der Waals surface area contributed by atoms with Crippen molar-refractivity contribution >= 4 is 5.82 Å². The highest BCUT2D eigenvalue weighted by molar-refractivity contribution is 5.60. The second kappa shape index (κ2) is 6.80. The van der Waals surface area contributed by atoms with Crippen LogP contribution in [0.25, 0.3) is 22.8 Å². The number of pyridine rings is 1. The molecule has 3 heterocycles. The van der Waals surface area contributed by atoms with Crippen LogP contribution in [-0.4, -0.2) is 41.3 Å². The van der Waals surface area contributed by atoms with Crippen LogP contribution in [0.15, 0.2) is 53.2 Å². The van der Waals surface area contributed by atoms with Gasteiger partial charge in [0.05, 0.1) is 5.56 Å². The molecule has 4 rings (SSSR count). The third kappa shape index (κ3) is 3.14. The highest BCUT2D eigenvalue weighted by Crippen LogP contribution is 2.23. The molecule has 1 fully saturated rings. The van der Waals surface area contributed by atoms with Crippen LogP contribution in [0.5, 0.6) is 0 Å². The number of nitrogens with one attached hydrogen (secondary N) is 1. The minimum absolute atomic E-state index is 0.491. The summed E-state index contributed by atoms with van der Waals surface area (Å²) in [5.74, 6) is 2.07. The van der Waals surface area contributed by atoms with Crippen LogP contribution >= 0.6 is 0 Å². The lowest BCUT2D eigenvalue weighted by molar-refractivity contribution is 0.432. The van der Waals surface area contributed by atoms with E-state index < -0.39 is 0 Å². The van der Waals surface area contributed by atoms with Crippen molar-refractivity contribution in [3.8, 4) is 22.8 Å². The third-order valence-electron chi connectivity index (χ3n) is 4.12. The minimum Gasteiger partial charge on any atom is -0.355 e. The van der Waals surface area contributed by atoms with Crippen molar-refractivity contribution in [3.63, 3.8) is 0 Å². The number of aromatic nitrogens is 3. The number of anilines is 1. The molecule has 1 aromatic carbocycles. The smallest absolute Gasteiger partial charge is 0.259 e. The molecule has 0 spiro atoms. The lowest BCUT2D eigenvalue weighted by Gasteiger charge is -2.20. The van der Waals surface area contributed by atoms with E-state index in [0.29, 0.717) is 11.7 Å². The van der Waals surface area contributed by atoms with Crippen molar-refractivity contribution in [1.29, 1.82) is 0 Å². The first-order valence-electron chi connectivity index (χ1n) is 8.21. The van der Waals surface area contributed by atoms with Gasteiger partial charge in [0.1, 0.15) is 5.82 Å². The normalized spacial score (nSPS) is 15.2. The van der Waals surface area contributed by atoms with Gasteiger partial charge >= 0.3 is 0 Å². The fourth-order valence-electron chi connectivity index (χ4n) is 2.82. The Kier molecular flexibility index (Phi) is 4.20. The van der Waals surface area contributed by atoms with Crippen molar-refractivity contribution in [2.75, 3.05) is 31.1 Å². The maximum Gasteiger partial charge on any atom is 0.259 e. The first kappa shape index (κ1) is 14.8. The average molecular weight is 321 g/mol. The summed E-state index contributed by atoms with van der Waals surface area (Å²) in [4.78, 5) is 11.3. The lowest BCUT2D eigenvalue weighted by atomic mass is 10.2. The summed E-state index contributed by atoms with van der Waals surface area (Å²) in [6, 6.07) is 13.8. The molecule has 1 saturated heterocycles. The van der Waals surface area contributed by atoms with Crippen molar-refractivity contribution in [2.45, 2.75) is 6.42 Å². The quantitative estimate of drug-likeness (QED) is 0.800. The predicted octanol–water partition coefficient (Wildman–Crippen LogP) is 2.60. The van der Waals surface area contributed by atoms with Gasteiger partial charge in [-0.15, -0.1) is 0 Å². The molecule has 0 amide bonds. The van der Waals surface area contributed by atoms with E-state index in [0.717, 1.165) is 49.5 Å². The molecule has 0 bridgehead atoms. The van der Waals surface area contributed by atoms with E-state index in [2.05, 4.69) is 25.3 Å². The van der Waals surface area contributed by atoms with E-state index in [9.17, 15) is 0 Å². The maximum atomic E-state index is 5.39. The van der Waals surface area contributed by atoms with Gasteiger partial charge in [0, 0.05) is 31.4 Å². The topological polar surface area (TPSA) is 67.1 Å². The maximum absolute atomic E-state index is 5.39. The molecule has 24 heavy (non-hydrogen) atoms. The van der Waals surface area contributed by atoms with Gasteiger partial charge in [-0.25, -0.2) is 4.98 Å². The second-order valence-electron chi connectivity index (χ2n) is 5.78. The molecule has 3 aromatic rings. The van der Waals surface area contributed by atoms with Gasteiger partial charge < -0.3 is 14.7 Å². The second-order valence-corrected chi connectivity index (χ2v) is 5.78. The molecule has 6 heteroatoms. The number of hydrogen-bond donors (Lipinski definition) is 1. The first-order chi connectivity index (χ1) is 11.9. The van der Waals surface area contributed by atoms with Gasteiger partial charge in [-0.3, -0.25) is 0 Å². The standard InChI is InChI=1S/C18H19N5O/c1-2-5-14(6-3-1)17-21-18(24-22-17)15-7-8-16(20-13-15)23-11-4-9-19-10-12-23/h1-3,5-8,13,19H,4,9-12H2. The number of hydrogen-bond acceptors (Lipinski definition) is 6.